The third kappa shape index (κ3) is 7.34. The van der Waals surface area contributed by atoms with Gasteiger partial charge in [0.1, 0.15) is 0 Å². The first-order valence-electron chi connectivity index (χ1n) is 17.1. The molecule has 0 aromatic carbocycles. The van der Waals surface area contributed by atoms with E-state index in [1.165, 1.54) is 77.0 Å². The van der Waals surface area contributed by atoms with Crippen molar-refractivity contribution in [1.82, 2.24) is 0 Å². The van der Waals surface area contributed by atoms with E-state index in [2.05, 4.69) is 68.4 Å². The largest absolute Gasteiger partial charge is 0.327 e. The maximum absolute atomic E-state index is 7.16. The highest BCUT2D eigenvalue weighted by molar-refractivity contribution is 5.22. The van der Waals surface area contributed by atoms with Crippen LogP contribution in [0.3, 0.4) is 0 Å². The normalized spacial score (nSPS) is 40.5. The predicted octanol–water partition coefficient (Wildman–Crippen LogP) is 9.97. The van der Waals surface area contributed by atoms with Gasteiger partial charge in [0.05, 0.1) is 0 Å². The summed E-state index contributed by atoms with van der Waals surface area (Å²) in [5.74, 6) is 9.10. The molecule has 2 N–H and O–H groups in total. The van der Waals surface area contributed by atoms with E-state index < -0.39 is 0 Å². The van der Waals surface area contributed by atoms with Gasteiger partial charge in [0.25, 0.3) is 0 Å². The summed E-state index contributed by atoms with van der Waals surface area (Å²) in [7, 11) is 0. The van der Waals surface area contributed by atoms with Crippen LogP contribution in [0, 0.1) is 65.6 Å². The van der Waals surface area contributed by atoms with E-state index in [1.54, 1.807) is 11.1 Å². The molecule has 5 aliphatic carbocycles. The van der Waals surface area contributed by atoms with Crippen LogP contribution in [0.1, 0.15) is 110 Å². The molecule has 8 unspecified atom stereocenters. The second kappa shape index (κ2) is 14.4. The number of terminal acetylenes is 1. The van der Waals surface area contributed by atoms with E-state index in [-0.39, 0.29) is 6.04 Å². The third-order valence-corrected chi connectivity index (χ3v) is 11.6. The Labute approximate surface area is 246 Å². The van der Waals surface area contributed by atoms with Crippen LogP contribution < -0.4 is 5.73 Å². The fraction of sp³-hybridized carbons (Fsp3) is 0.692. The van der Waals surface area contributed by atoms with Crippen LogP contribution in [0.25, 0.3) is 0 Å². The van der Waals surface area contributed by atoms with E-state index in [1.807, 2.05) is 0 Å². The second-order valence-electron chi connectivity index (χ2n) is 14.4. The van der Waals surface area contributed by atoms with Crippen molar-refractivity contribution in [2.75, 3.05) is 0 Å². The molecule has 0 amide bonds. The van der Waals surface area contributed by atoms with Gasteiger partial charge in [0.15, 0.2) is 0 Å². The SMILES string of the molecule is C#CC1CC([C@@H](CC(N)C2CC=CCC2)/C2=C\C/C=C\CCC2)C(C2=CCC(C)CC2)CC1C1C=C[C@H](C)CC1. The lowest BCUT2D eigenvalue weighted by Gasteiger charge is -2.48. The monoisotopic (exact) mass is 539 g/mol. The summed E-state index contributed by atoms with van der Waals surface area (Å²) in [6, 6.07) is 0.280. The summed E-state index contributed by atoms with van der Waals surface area (Å²) in [5, 5.41) is 0. The minimum atomic E-state index is 0.280. The van der Waals surface area contributed by atoms with E-state index in [4.69, 9.17) is 12.2 Å². The van der Waals surface area contributed by atoms with Crippen LogP contribution in [0.15, 0.2) is 59.8 Å². The first-order valence-corrected chi connectivity index (χ1v) is 17.1. The van der Waals surface area contributed by atoms with Gasteiger partial charge in [0.2, 0.25) is 0 Å². The summed E-state index contributed by atoms with van der Waals surface area (Å²) in [6.07, 6.45) is 44.8. The molecule has 10 atom stereocenters. The zero-order valence-electron chi connectivity index (χ0n) is 25.7. The topological polar surface area (TPSA) is 26.0 Å². The molecule has 0 bridgehead atoms. The Balaban J connectivity index is 1.48. The van der Waals surface area contributed by atoms with E-state index in [0.29, 0.717) is 41.4 Å². The van der Waals surface area contributed by atoms with Gasteiger partial charge in [-0.05, 0) is 144 Å². The molecule has 1 fully saturated rings. The fourth-order valence-corrected chi connectivity index (χ4v) is 9.05. The van der Waals surface area contributed by atoms with E-state index in [0.717, 1.165) is 31.1 Å². The Kier molecular flexibility index (Phi) is 10.7. The Hall–Kier alpha value is -1.78. The average molecular weight is 540 g/mol. The molecular weight excluding hydrogens is 482 g/mol. The number of nitrogens with two attached hydrogens (primary N) is 1. The lowest BCUT2D eigenvalue weighted by atomic mass is 9.56. The molecule has 5 aliphatic rings. The summed E-state index contributed by atoms with van der Waals surface area (Å²) in [4.78, 5) is 0. The van der Waals surface area contributed by atoms with Crippen LogP contribution in [0.4, 0.5) is 0 Å². The van der Waals surface area contributed by atoms with Crippen molar-refractivity contribution in [3.05, 3.63) is 59.8 Å². The average Bonchev–Trinajstić information content (AvgIpc) is 2.97. The smallest absolute Gasteiger partial charge is 0.0237 e. The van der Waals surface area contributed by atoms with Crippen molar-refractivity contribution in [2.45, 2.75) is 116 Å². The second-order valence-corrected chi connectivity index (χ2v) is 14.4. The van der Waals surface area contributed by atoms with E-state index >= 15 is 0 Å². The van der Waals surface area contributed by atoms with Crippen molar-refractivity contribution in [3.8, 4) is 12.3 Å². The van der Waals surface area contributed by atoms with Crippen LogP contribution in [-0.2, 0) is 0 Å². The molecule has 0 aromatic rings. The highest BCUT2D eigenvalue weighted by Gasteiger charge is 2.45. The minimum absolute atomic E-state index is 0.280. The van der Waals surface area contributed by atoms with Crippen molar-refractivity contribution in [1.29, 1.82) is 0 Å². The van der Waals surface area contributed by atoms with E-state index in [9.17, 15) is 0 Å². The van der Waals surface area contributed by atoms with Gasteiger partial charge in [-0.15, -0.1) is 12.3 Å². The van der Waals surface area contributed by atoms with Gasteiger partial charge < -0.3 is 5.73 Å². The van der Waals surface area contributed by atoms with Gasteiger partial charge in [-0.1, -0.05) is 73.6 Å². The van der Waals surface area contributed by atoms with Gasteiger partial charge >= 0.3 is 0 Å². The van der Waals surface area contributed by atoms with Crippen molar-refractivity contribution in [3.63, 3.8) is 0 Å². The summed E-state index contributed by atoms with van der Waals surface area (Å²) < 4.78 is 0. The molecule has 0 aliphatic heterocycles. The molecule has 0 spiro atoms. The maximum Gasteiger partial charge on any atom is 0.0237 e. The van der Waals surface area contributed by atoms with Gasteiger partial charge in [-0.2, -0.15) is 0 Å². The molecule has 218 valence electrons. The summed E-state index contributed by atoms with van der Waals surface area (Å²) in [5.41, 5.74) is 10.7. The Morgan fingerprint density at radius 2 is 1.80 bits per heavy atom. The number of allylic oxidation sites excluding steroid dienone is 10. The van der Waals surface area contributed by atoms with Crippen molar-refractivity contribution in [2.24, 2.45) is 59.0 Å². The molecule has 0 aromatic heterocycles. The quantitative estimate of drug-likeness (QED) is 0.253. The van der Waals surface area contributed by atoms with Gasteiger partial charge in [-0.3, -0.25) is 0 Å². The van der Waals surface area contributed by atoms with Crippen LogP contribution in [0.5, 0.6) is 0 Å². The lowest BCUT2D eigenvalue weighted by molar-refractivity contribution is 0.0859. The predicted molar refractivity (Wildman–Crippen MR) is 172 cm³/mol. The summed E-state index contributed by atoms with van der Waals surface area (Å²) >= 11 is 0. The zero-order chi connectivity index (χ0) is 27.9. The molecule has 1 heteroatoms. The molecule has 0 heterocycles. The first-order chi connectivity index (χ1) is 19.5. The molecule has 1 nitrogen and oxygen atoms in total. The van der Waals surface area contributed by atoms with Gasteiger partial charge in [0, 0.05) is 12.0 Å². The number of hydrogen-bond acceptors (Lipinski definition) is 1. The molecule has 1 saturated carbocycles. The molecule has 0 radical (unpaired) electrons. The van der Waals surface area contributed by atoms with Crippen molar-refractivity contribution < 1.29 is 0 Å². The number of hydrogen-bond donors (Lipinski definition) is 1. The minimum Gasteiger partial charge on any atom is -0.327 e. The molecule has 0 saturated heterocycles. The lowest BCUT2D eigenvalue weighted by Crippen LogP contribution is -2.42. The zero-order valence-corrected chi connectivity index (χ0v) is 25.7. The standard InChI is InChI=1S/C39H57N/c1-4-30-25-38(36(33-23-19-29(3)20-24-33)26-35(30)32-21-17-28(2)18-22-32)37(31-13-9-6-5-7-10-14-31)27-39(40)34-15-11-8-12-16-34/h1,5-6,8,11,13,17,21,23,28-30,32,34-39H,7,9-10,12,14-16,18-20,22,24-27,40H2,2-3H3/b6-5-,31-13-/t28-,29?,30?,32?,34?,35?,36?,37-,38?,39?/m0/s1. The van der Waals surface area contributed by atoms with Crippen LogP contribution in [-0.4, -0.2) is 6.04 Å². The highest BCUT2D eigenvalue weighted by Crippen LogP contribution is 2.53. The van der Waals surface area contributed by atoms with Crippen LogP contribution >= 0.6 is 0 Å². The maximum atomic E-state index is 7.16. The molecule has 40 heavy (non-hydrogen) atoms. The van der Waals surface area contributed by atoms with Crippen LogP contribution in [0.2, 0.25) is 0 Å². The fourth-order valence-electron chi connectivity index (χ4n) is 9.05. The highest BCUT2D eigenvalue weighted by atomic mass is 14.7. The van der Waals surface area contributed by atoms with Gasteiger partial charge in [-0.25, -0.2) is 0 Å². The summed E-state index contributed by atoms with van der Waals surface area (Å²) in [6.45, 7) is 4.80. The molecule has 5 rings (SSSR count). The first kappa shape index (κ1) is 29.7. The molecular formula is C39H57N. The number of rotatable bonds is 7. The Morgan fingerprint density at radius 1 is 0.925 bits per heavy atom. The van der Waals surface area contributed by atoms with Crippen molar-refractivity contribution >= 4 is 0 Å². The third-order valence-electron chi connectivity index (χ3n) is 11.6. The Morgan fingerprint density at radius 3 is 2.52 bits per heavy atom. The Bertz CT molecular complexity index is 1020.